The molecule has 0 fully saturated rings. The smallest absolute Gasteiger partial charge is 0.132 e. The Bertz CT molecular complexity index is 535. The average molecular weight is 244 g/mol. The molecule has 0 aromatic heterocycles. The van der Waals surface area contributed by atoms with Crippen LogP contribution in [0, 0.1) is 20.8 Å². The zero-order valence-electron chi connectivity index (χ0n) is 10.4. The monoisotopic (exact) mass is 244 g/mol. The summed E-state index contributed by atoms with van der Waals surface area (Å²) in [5, 5.41) is 1.96. The third-order valence-corrected chi connectivity index (χ3v) is 5.04. The summed E-state index contributed by atoms with van der Waals surface area (Å²) in [4.78, 5) is 0. The van der Waals surface area contributed by atoms with Gasteiger partial charge in [0.1, 0.15) is 7.80 Å². The van der Waals surface area contributed by atoms with Crippen molar-refractivity contribution in [1.29, 1.82) is 0 Å². The topological polar surface area (TPSA) is 17.1 Å². The Balaban J connectivity index is 2.52. The Morgan fingerprint density at radius 1 is 0.882 bits per heavy atom. The van der Waals surface area contributed by atoms with Crippen LogP contribution in [0.3, 0.4) is 0 Å². The van der Waals surface area contributed by atoms with Gasteiger partial charge in [-0.2, -0.15) is 0 Å². The second-order valence-electron chi connectivity index (χ2n) is 4.47. The second kappa shape index (κ2) is 4.89. The molecule has 88 valence electrons. The molecule has 1 nitrogen and oxygen atoms in total. The fraction of sp³-hybridized carbons (Fsp3) is 0.200. The fourth-order valence-electron chi connectivity index (χ4n) is 2.27. The molecular weight excluding hydrogens is 227 g/mol. The first-order valence-corrected chi connectivity index (χ1v) is 7.18. The number of rotatable bonds is 2. The molecule has 2 aromatic rings. The van der Waals surface area contributed by atoms with E-state index in [2.05, 4.69) is 19.1 Å². The average Bonchev–Trinajstić information content (AvgIpc) is 2.28. The highest BCUT2D eigenvalue weighted by atomic mass is 31.1. The maximum absolute atomic E-state index is 12.6. The second-order valence-corrected chi connectivity index (χ2v) is 6.20. The van der Waals surface area contributed by atoms with Crippen LogP contribution >= 0.6 is 7.80 Å². The lowest BCUT2D eigenvalue weighted by atomic mass is 10.1. The van der Waals surface area contributed by atoms with E-state index in [9.17, 15) is 4.57 Å². The minimum atomic E-state index is -1.87. The van der Waals surface area contributed by atoms with Crippen molar-refractivity contribution >= 4 is 18.4 Å². The molecule has 0 aliphatic rings. The van der Waals surface area contributed by atoms with Crippen LogP contribution in [-0.4, -0.2) is 0 Å². The summed E-state index contributed by atoms with van der Waals surface area (Å²) >= 11 is 0. The summed E-state index contributed by atoms with van der Waals surface area (Å²) in [6.45, 7) is 6.16. The summed E-state index contributed by atoms with van der Waals surface area (Å²) in [6, 6.07) is 13.9. The lowest BCUT2D eigenvalue weighted by Crippen LogP contribution is -2.13. The first-order chi connectivity index (χ1) is 8.09. The van der Waals surface area contributed by atoms with Gasteiger partial charge in [0.25, 0.3) is 0 Å². The normalized spacial score (nSPS) is 12.4. The molecule has 1 atom stereocenters. The van der Waals surface area contributed by atoms with Gasteiger partial charge in [0.05, 0.1) is 0 Å². The molecule has 0 N–H and O–H groups in total. The van der Waals surface area contributed by atoms with Gasteiger partial charge in [-0.1, -0.05) is 48.0 Å². The molecule has 2 heteroatoms. The summed E-state index contributed by atoms with van der Waals surface area (Å²) in [6.07, 6.45) is 0. The van der Waals surface area contributed by atoms with Gasteiger partial charge in [-0.25, -0.2) is 0 Å². The third-order valence-electron chi connectivity index (χ3n) is 2.94. The minimum absolute atomic E-state index is 0.938. The van der Waals surface area contributed by atoms with Crippen molar-refractivity contribution in [2.75, 3.05) is 0 Å². The molecule has 0 amide bonds. The maximum Gasteiger partial charge on any atom is 0.132 e. The number of aryl methyl sites for hydroxylation is 3. The fourth-order valence-corrected chi connectivity index (χ4v) is 3.92. The van der Waals surface area contributed by atoms with E-state index in [4.69, 9.17) is 0 Å². The van der Waals surface area contributed by atoms with Gasteiger partial charge >= 0.3 is 0 Å². The van der Waals surface area contributed by atoms with Crippen molar-refractivity contribution in [2.45, 2.75) is 20.8 Å². The Labute approximate surface area is 103 Å². The zero-order valence-corrected chi connectivity index (χ0v) is 11.4. The number of hydrogen-bond donors (Lipinski definition) is 0. The summed E-state index contributed by atoms with van der Waals surface area (Å²) in [5.41, 5.74) is 3.50. The first kappa shape index (κ1) is 12.1. The summed E-state index contributed by atoms with van der Waals surface area (Å²) in [7, 11) is -1.87. The largest absolute Gasteiger partial charge is 0.317 e. The summed E-state index contributed by atoms with van der Waals surface area (Å²) < 4.78 is 12.6. The van der Waals surface area contributed by atoms with Crippen molar-refractivity contribution in [1.82, 2.24) is 0 Å². The van der Waals surface area contributed by atoms with Crippen LogP contribution < -0.4 is 10.6 Å². The lowest BCUT2D eigenvalue weighted by Gasteiger charge is -2.11. The molecular formula is C15H17OP. The first-order valence-electron chi connectivity index (χ1n) is 5.77. The van der Waals surface area contributed by atoms with Crippen LogP contribution in [0.1, 0.15) is 16.7 Å². The van der Waals surface area contributed by atoms with E-state index in [1.165, 1.54) is 5.56 Å². The van der Waals surface area contributed by atoms with Gasteiger partial charge in [0.2, 0.25) is 0 Å². The van der Waals surface area contributed by atoms with E-state index in [-0.39, 0.29) is 0 Å². The molecule has 17 heavy (non-hydrogen) atoms. The SMILES string of the molecule is Cc1cc(C)c([PH](=O)c2ccccc2)c(C)c1. The molecule has 0 aliphatic heterocycles. The van der Waals surface area contributed by atoms with Crippen LogP contribution in [0.5, 0.6) is 0 Å². The van der Waals surface area contributed by atoms with Gasteiger partial charge in [-0.3, -0.25) is 0 Å². The van der Waals surface area contributed by atoms with Crippen molar-refractivity contribution < 1.29 is 4.57 Å². The molecule has 2 rings (SSSR count). The predicted molar refractivity (Wildman–Crippen MR) is 75.4 cm³/mol. The Morgan fingerprint density at radius 2 is 1.41 bits per heavy atom. The number of hydrogen-bond acceptors (Lipinski definition) is 1. The van der Waals surface area contributed by atoms with Crippen LogP contribution in [0.15, 0.2) is 42.5 Å². The van der Waals surface area contributed by atoms with E-state index < -0.39 is 7.80 Å². The van der Waals surface area contributed by atoms with Gasteiger partial charge < -0.3 is 4.57 Å². The predicted octanol–water partition coefficient (Wildman–Crippen LogP) is 3.12. The van der Waals surface area contributed by atoms with Crippen molar-refractivity contribution in [2.24, 2.45) is 0 Å². The van der Waals surface area contributed by atoms with Gasteiger partial charge in [0.15, 0.2) is 0 Å². The lowest BCUT2D eigenvalue weighted by molar-refractivity contribution is 0.598. The molecule has 0 saturated heterocycles. The van der Waals surface area contributed by atoms with Gasteiger partial charge in [-0.05, 0) is 31.9 Å². The molecule has 0 radical (unpaired) electrons. The number of benzene rings is 2. The van der Waals surface area contributed by atoms with Crippen molar-refractivity contribution in [3.05, 3.63) is 59.2 Å². The molecule has 0 heterocycles. The van der Waals surface area contributed by atoms with Crippen LogP contribution in [0.4, 0.5) is 0 Å². The molecule has 0 spiro atoms. The zero-order chi connectivity index (χ0) is 12.4. The maximum atomic E-state index is 12.6. The van der Waals surface area contributed by atoms with Crippen LogP contribution in [0.25, 0.3) is 0 Å². The van der Waals surface area contributed by atoms with E-state index in [0.29, 0.717) is 0 Å². The Morgan fingerprint density at radius 3 is 1.94 bits per heavy atom. The quantitative estimate of drug-likeness (QED) is 0.742. The third kappa shape index (κ3) is 2.50. The highest BCUT2D eigenvalue weighted by Crippen LogP contribution is 2.24. The van der Waals surface area contributed by atoms with Gasteiger partial charge in [0, 0.05) is 10.6 Å². The van der Waals surface area contributed by atoms with E-state index in [0.717, 1.165) is 21.7 Å². The van der Waals surface area contributed by atoms with E-state index >= 15 is 0 Å². The van der Waals surface area contributed by atoms with E-state index in [1.807, 2.05) is 44.2 Å². The van der Waals surface area contributed by atoms with Crippen LogP contribution in [-0.2, 0) is 4.57 Å². The standard InChI is InChI=1S/C15H17OP/c1-11-9-12(2)15(13(3)10-11)17(16)14-7-5-4-6-8-14/h4-10,17H,1-3H3. The van der Waals surface area contributed by atoms with E-state index in [1.54, 1.807) is 0 Å². The van der Waals surface area contributed by atoms with Crippen molar-refractivity contribution in [3.63, 3.8) is 0 Å². The van der Waals surface area contributed by atoms with Gasteiger partial charge in [-0.15, -0.1) is 0 Å². The Hall–Kier alpha value is -1.33. The molecule has 0 bridgehead atoms. The molecule has 2 aromatic carbocycles. The summed E-state index contributed by atoms with van der Waals surface area (Å²) in [5.74, 6) is 0. The molecule has 0 aliphatic carbocycles. The highest BCUT2D eigenvalue weighted by molar-refractivity contribution is 7.61. The highest BCUT2D eigenvalue weighted by Gasteiger charge is 2.12. The Kier molecular flexibility index (Phi) is 3.49. The van der Waals surface area contributed by atoms with Crippen molar-refractivity contribution in [3.8, 4) is 0 Å². The van der Waals surface area contributed by atoms with Crippen LogP contribution in [0.2, 0.25) is 0 Å². The minimum Gasteiger partial charge on any atom is -0.317 e. The molecule has 1 unspecified atom stereocenters. The molecule has 0 saturated carbocycles.